The number of nitrogens with zero attached hydrogens (tertiary/aromatic N) is 2. The average Bonchev–Trinajstić information content (AvgIpc) is 2.28. The molecule has 1 aliphatic heterocycles. The van der Waals surface area contributed by atoms with Crippen LogP contribution in [0.2, 0.25) is 0 Å². The molecule has 2 heterocycles. The summed E-state index contributed by atoms with van der Waals surface area (Å²) < 4.78 is 1.05. The van der Waals surface area contributed by atoms with Crippen LogP contribution in [0, 0.1) is 11.8 Å². The molecule has 0 aromatic carbocycles. The molecule has 1 aromatic heterocycles. The first-order valence-electron chi connectivity index (χ1n) is 6.40. The van der Waals surface area contributed by atoms with Gasteiger partial charge >= 0.3 is 0 Å². The Bertz CT molecular complexity index is 363. The standard InChI is InChI=1S/C14H21BrN2/c1-10-6-11(2)12(3)17(8-10)9-14-5-4-13(15)7-16-14/h4-5,7,10-12H,6,8-9H2,1-3H3. The van der Waals surface area contributed by atoms with Crippen molar-refractivity contribution in [3.8, 4) is 0 Å². The van der Waals surface area contributed by atoms with E-state index in [-0.39, 0.29) is 0 Å². The molecule has 0 bridgehead atoms. The minimum atomic E-state index is 0.664. The molecular formula is C14H21BrN2. The van der Waals surface area contributed by atoms with E-state index < -0.39 is 0 Å². The molecule has 17 heavy (non-hydrogen) atoms. The van der Waals surface area contributed by atoms with Crippen LogP contribution < -0.4 is 0 Å². The second kappa shape index (κ2) is 5.49. The number of hydrogen-bond donors (Lipinski definition) is 0. The van der Waals surface area contributed by atoms with Crippen LogP contribution >= 0.6 is 15.9 Å². The van der Waals surface area contributed by atoms with Gasteiger partial charge < -0.3 is 0 Å². The zero-order valence-corrected chi connectivity index (χ0v) is 12.4. The number of halogens is 1. The van der Waals surface area contributed by atoms with Gasteiger partial charge in [0.25, 0.3) is 0 Å². The Morgan fingerprint density at radius 2 is 2.12 bits per heavy atom. The molecular weight excluding hydrogens is 276 g/mol. The van der Waals surface area contributed by atoms with Gasteiger partial charge in [-0.2, -0.15) is 0 Å². The van der Waals surface area contributed by atoms with Gasteiger partial charge in [-0.25, -0.2) is 0 Å². The Morgan fingerprint density at radius 1 is 1.35 bits per heavy atom. The molecule has 2 nitrogen and oxygen atoms in total. The van der Waals surface area contributed by atoms with Crippen LogP contribution in [-0.2, 0) is 6.54 Å². The van der Waals surface area contributed by atoms with Crippen LogP contribution in [0.4, 0.5) is 0 Å². The summed E-state index contributed by atoms with van der Waals surface area (Å²) in [6.07, 6.45) is 3.24. The lowest BCUT2D eigenvalue weighted by atomic mass is 9.86. The van der Waals surface area contributed by atoms with Gasteiger partial charge in [-0.05, 0) is 53.2 Å². The molecule has 1 fully saturated rings. The smallest absolute Gasteiger partial charge is 0.0544 e. The van der Waals surface area contributed by atoms with Gasteiger partial charge in [0.1, 0.15) is 0 Å². The van der Waals surface area contributed by atoms with Crippen LogP contribution in [0.15, 0.2) is 22.8 Å². The molecule has 94 valence electrons. The van der Waals surface area contributed by atoms with Gasteiger partial charge in [0.05, 0.1) is 5.69 Å². The van der Waals surface area contributed by atoms with Gasteiger partial charge in [0, 0.05) is 29.8 Å². The predicted octanol–water partition coefficient (Wildman–Crippen LogP) is 3.71. The summed E-state index contributed by atoms with van der Waals surface area (Å²) >= 11 is 3.43. The number of rotatable bonds is 2. The SMILES string of the molecule is CC1CC(C)C(C)N(Cc2ccc(Br)cn2)C1. The monoisotopic (exact) mass is 296 g/mol. The summed E-state index contributed by atoms with van der Waals surface area (Å²) in [5.41, 5.74) is 1.17. The summed E-state index contributed by atoms with van der Waals surface area (Å²) in [4.78, 5) is 7.03. The highest BCUT2D eigenvalue weighted by Crippen LogP contribution is 2.27. The van der Waals surface area contributed by atoms with E-state index in [9.17, 15) is 0 Å². The maximum atomic E-state index is 4.47. The Labute approximate surface area is 113 Å². The number of likely N-dealkylation sites (tertiary alicyclic amines) is 1. The van der Waals surface area contributed by atoms with Crippen LogP contribution in [0.25, 0.3) is 0 Å². The Balaban J connectivity index is 2.04. The van der Waals surface area contributed by atoms with Crippen LogP contribution in [0.1, 0.15) is 32.9 Å². The van der Waals surface area contributed by atoms with E-state index in [1.807, 2.05) is 6.20 Å². The van der Waals surface area contributed by atoms with E-state index in [2.05, 4.69) is 58.7 Å². The Hall–Kier alpha value is -0.410. The highest BCUT2D eigenvalue weighted by atomic mass is 79.9. The van der Waals surface area contributed by atoms with Crippen molar-refractivity contribution in [2.75, 3.05) is 6.54 Å². The zero-order valence-electron chi connectivity index (χ0n) is 10.9. The molecule has 0 N–H and O–H groups in total. The summed E-state index contributed by atoms with van der Waals surface area (Å²) in [5.74, 6) is 1.59. The third-order valence-corrected chi connectivity index (χ3v) is 4.34. The molecule has 3 unspecified atom stereocenters. The van der Waals surface area contributed by atoms with Crippen molar-refractivity contribution < 1.29 is 0 Å². The van der Waals surface area contributed by atoms with E-state index >= 15 is 0 Å². The quantitative estimate of drug-likeness (QED) is 0.827. The van der Waals surface area contributed by atoms with Crippen LogP contribution in [-0.4, -0.2) is 22.5 Å². The molecule has 2 rings (SSSR count). The number of aromatic nitrogens is 1. The van der Waals surface area contributed by atoms with Crippen molar-refractivity contribution in [2.24, 2.45) is 11.8 Å². The average molecular weight is 297 g/mol. The van der Waals surface area contributed by atoms with Gasteiger partial charge in [-0.15, -0.1) is 0 Å². The molecule has 1 aliphatic rings. The number of pyridine rings is 1. The lowest BCUT2D eigenvalue weighted by molar-refractivity contribution is 0.0718. The third kappa shape index (κ3) is 3.29. The van der Waals surface area contributed by atoms with Gasteiger partial charge in [-0.1, -0.05) is 13.8 Å². The number of hydrogen-bond acceptors (Lipinski definition) is 2. The van der Waals surface area contributed by atoms with E-state index in [0.29, 0.717) is 6.04 Å². The van der Waals surface area contributed by atoms with Gasteiger partial charge in [0.2, 0.25) is 0 Å². The third-order valence-electron chi connectivity index (χ3n) is 3.87. The predicted molar refractivity (Wildman–Crippen MR) is 74.8 cm³/mol. The molecule has 0 saturated carbocycles. The summed E-state index contributed by atoms with van der Waals surface area (Å²) in [6.45, 7) is 9.23. The largest absolute Gasteiger partial charge is 0.294 e. The molecule has 0 radical (unpaired) electrons. The molecule has 1 saturated heterocycles. The fourth-order valence-electron chi connectivity index (χ4n) is 2.75. The van der Waals surface area contributed by atoms with Crippen LogP contribution in [0.3, 0.4) is 0 Å². The van der Waals surface area contributed by atoms with Crippen molar-refractivity contribution in [1.29, 1.82) is 0 Å². The molecule has 3 heteroatoms. The van der Waals surface area contributed by atoms with Crippen molar-refractivity contribution in [3.63, 3.8) is 0 Å². The van der Waals surface area contributed by atoms with E-state index in [1.165, 1.54) is 18.7 Å². The first-order chi connectivity index (χ1) is 8.06. The Morgan fingerprint density at radius 3 is 2.76 bits per heavy atom. The molecule has 0 aliphatic carbocycles. The fourth-order valence-corrected chi connectivity index (χ4v) is 2.98. The lowest BCUT2D eigenvalue weighted by Crippen LogP contribution is -2.45. The van der Waals surface area contributed by atoms with E-state index in [0.717, 1.165) is 22.9 Å². The maximum absolute atomic E-state index is 4.47. The highest BCUT2D eigenvalue weighted by molar-refractivity contribution is 9.10. The molecule has 0 amide bonds. The van der Waals surface area contributed by atoms with Crippen LogP contribution in [0.5, 0.6) is 0 Å². The minimum absolute atomic E-state index is 0.664. The highest BCUT2D eigenvalue weighted by Gasteiger charge is 2.28. The lowest BCUT2D eigenvalue weighted by Gasteiger charge is -2.40. The van der Waals surface area contributed by atoms with Crippen molar-refractivity contribution >= 4 is 15.9 Å². The Kier molecular flexibility index (Phi) is 4.21. The van der Waals surface area contributed by atoms with Crippen molar-refractivity contribution in [2.45, 2.75) is 39.8 Å². The van der Waals surface area contributed by atoms with Gasteiger partial charge in [-0.3, -0.25) is 9.88 Å². The van der Waals surface area contributed by atoms with E-state index in [4.69, 9.17) is 0 Å². The fraction of sp³-hybridized carbons (Fsp3) is 0.643. The first kappa shape index (κ1) is 13.0. The topological polar surface area (TPSA) is 16.1 Å². The van der Waals surface area contributed by atoms with Crippen molar-refractivity contribution in [3.05, 3.63) is 28.5 Å². The minimum Gasteiger partial charge on any atom is -0.294 e. The summed E-state index contributed by atoms with van der Waals surface area (Å²) in [6, 6.07) is 4.85. The second-order valence-electron chi connectivity index (χ2n) is 5.46. The molecule has 3 atom stereocenters. The first-order valence-corrected chi connectivity index (χ1v) is 7.20. The molecule has 0 spiro atoms. The van der Waals surface area contributed by atoms with Gasteiger partial charge in [0.15, 0.2) is 0 Å². The maximum Gasteiger partial charge on any atom is 0.0544 e. The number of piperidine rings is 1. The second-order valence-corrected chi connectivity index (χ2v) is 6.37. The summed E-state index contributed by atoms with van der Waals surface area (Å²) in [5, 5.41) is 0. The normalized spacial score (nSPS) is 30.5. The van der Waals surface area contributed by atoms with Crippen molar-refractivity contribution in [1.82, 2.24) is 9.88 Å². The summed E-state index contributed by atoms with van der Waals surface area (Å²) in [7, 11) is 0. The van der Waals surface area contributed by atoms with E-state index in [1.54, 1.807) is 0 Å². The molecule has 1 aromatic rings. The zero-order chi connectivity index (χ0) is 12.4.